The molecule has 0 saturated heterocycles. The number of hydrogen-bond donors (Lipinski definition) is 0. The fourth-order valence-electron chi connectivity index (χ4n) is 1.50. The van der Waals surface area contributed by atoms with Gasteiger partial charge in [-0.25, -0.2) is 0 Å². The molecule has 0 fully saturated rings. The summed E-state index contributed by atoms with van der Waals surface area (Å²) < 4.78 is 0. The molecule has 2 heteroatoms. The molecule has 0 radical (unpaired) electrons. The summed E-state index contributed by atoms with van der Waals surface area (Å²) in [6.45, 7) is 0. The summed E-state index contributed by atoms with van der Waals surface area (Å²) in [4.78, 5) is 0. The number of halogens is 2. The van der Waals surface area contributed by atoms with Crippen LogP contribution in [0.15, 0.2) is 0 Å². The predicted octanol–water partition coefficient (Wildman–Crippen LogP) is 5.68. The first-order valence-corrected chi connectivity index (χ1v) is 8.73. The van der Waals surface area contributed by atoms with E-state index in [4.69, 9.17) is 0 Å². The molecule has 0 unspecified atom stereocenters. The second-order valence-corrected chi connectivity index (χ2v) is 5.65. The fourth-order valence-corrected chi connectivity index (χ4v) is 2.29. The topological polar surface area (TPSA) is 0 Å². The lowest BCUT2D eigenvalue weighted by Gasteiger charge is -1.95. The van der Waals surface area contributed by atoms with E-state index in [0.29, 0.717) is 0 Å². The van der Waals surface area contributed by atoms with Crippen molar-refractivity contribution in [1.82, 2.24) is 0 Å². The van der Waals surface area contributed by atoms with Crippen LogP contribution in [-0.2, 0) is 0 Å². The minimum absolute atomic E-state index is 1.10. The smallest absolute Gasteiger partial charge is 0.00886 e. The van der Waals surface area contributed by atoms with Gasteiger partial charge in [-0.05, 0) is 25.7 Å². The average Bonchev–Trinajstić information content (AvgIpc) is 2.31. The van der Waals surface area contributed by atoms with E-state index in [2.05, 4.69) is 43.7 Å². The van der Waals surface area contributed by atoms with Gasteiger partial charge in [-0.2, -0.15) is 0 Å². The molecule has 0 nitrogen and oxygen atoms in total. The highest BCUT2D eigenvalue weighted by atomic mass is 79.9. The van der Waals surface area contributed by atoms with Gasteiger partial charge < -0.3 is 0 Å². The van der Waals surface area contributed by atoms with Crippen LogP contribution >= 0.6 is 31.9 Å². The summed E-state index contributed by atoms with van der Waals surface area (Å²) in [5.74, 6) is 6.56. The zero-order valence-electron chi connectivity index (χ0n) is 10.2. The van der Waals surface area contributed by atoms with Crippen LogP contribution in [0.2, 0.25) is 0 Å². The van der Waals surface area contributed by atoms with Crippen LogP contribution < -0.4 is 0 Å². The molecule has 0 aromatic rings. The van der Waals surface area contributed by atoms with Crippen molar-refractivity contribution in [3.63, 3.8) is 0 Å². The summed E-state index contributed by atoms with van der Waals surface area (Å²) in [5, 5.41) is 2.29. The van der Waals surface area contributed by atoms with Gasteiger partial charge in [-0.15, -0.1) is 11.8 Å². The van der Waals surface area contributed by atoms with Crippen molar-refractivity contribution in [1.29, 1.82) is 0 Å². The van der Waals surface area contributed by atoms with Gasteiger partial charge in [-0.1, -0.05) is 57.5 Å². The van der Waals surface area contributed by atoms with Crippen molar-refractivity contribution >= 4 is 31.9 Å². The molecule has 0 aliphatic carbocycles. The van der Waals surface area contributed by atoms with Crippen molar-refractivity contribution in [3.8, 4) is 11.8 Å². The van der Waals surface area contributed by atoms with Crippen LogP contribution in [0.1, 0.15) is 64.2 Å². The van der Waals surface area contributed by atoms with Crippen molar-refractivity contribution in [2.24, 2.45) is 0 Å². The highest BCUT2D eigenvalue weighted by Crippen LogP contribution is 2.05. The molecule has 0 saturated carbocycles. The first-order valence-electron chi connectivity index (χ1n) is 6.49. The van der Waals surface area contributed by atoms with E-state index in [0.717, 1.165) is 23.5 Å². The second kappa shape index (κ2) is 15.5. The lowest BCUT2D eigenvalue weighted by atomic mass is 10.1. The molecule has 0 amide bonds. The van der Waals surface area contributed by atoms with Crippen LogP contribution in [0.25, 0.3) is 0 Å². The normalized spacial score (nSPS) is 9.88. The maximum Gasteiger partial charge on any atom is 0.00886 e. The maximum absolute atomic E-state index is 3.45. The monoisotopic (exact) mass is 350 g/mol. The van der Waals surface area contributed by atoms with E-state index >= 15 is 0 Å². The number of alkyl halides is 2. The highest BCUT2D eigenvalue weighted by Gasteiger charge is 1.88. The van der Waals surface area contributed by atoms with Crippen LogP contribution in [0.5, 0.6) is 0 Å². The molecule has 0 spiro atoms. The minimum atomic E-state index is 1.10. The van der Waals surface area contributed by atoms with Crippen molar-refractivity contribution in [2.45, 2.75) is 64.2 Å². The standard InChI is InChI=1S/C14H24Br2/c15-13-11-9-7-5-3-1-2-4-6-8-10-12-14-16/h3-14H2. The number of hydrogen-bond acceptors (Lipinski definition) is 0. The first-order chi connectivity index (χ1) is 7.91. The number of unbranched alkanes of at least 4 members (excludes halogenated alkanes) is 8. The predicted molar refractivity (Wildman–Crippen MR) is 81.5 cm³/mol. The molecule has 0 aromatic heterocycles. The van der Waals surface area contributed by atoms with E-state index in [1.165, 1.54) is 51.4 Å². The molecule has 0 rings (SSSR count). The van der Waals surface area contributed by atoms with Crippen LogP contribution in [-0.4, -0.2) is 10.7 Å². The van der Waals surface area contributed by atoms with Gasteiger partial charge in [0.15, 0.2) is 0 Å². The Hall–Kier alpha value is 0.520. The average molecular weight is 352 g/mol. The van der Waals surface area contributed by atoms with Gasteiger partial charge in [0.1, 0.15) is 0 Å². The quantitative estimate of drug-likeness (QED) is 0.270. The molecular formula is C14H24Br2. The van der Waals surface area contributed by atoms with Gasteiger partial charge in [0, 0.05) is 23.5 Å². The first kappa shape index (κ1) is 16.5. The molecule has 0 atom stereocenters. The maximum atomic E-state index is 3.45. The van der Waals surface area contributed by atoms with Crippen molar-refractivity contribution < 1.29 is 0 Å². The Balaban J connectivity index is 3.04. The summed E-state index contributed by atoms with van der Waals surface area (Å²) in [7, 11) is 0. The number of rotatable bonds is 10. The van der Waals surface area contributed by atoms with Crippen LogP contribution in [0.3, 0.4) is 0 Å². The van der Waals surface area contributed by atoms with Gasteiger partial charge in [0.05, 0.1) is 0 Å². The fraction of sp³-hybridized carbons (Fsp3) is 0.857. The van der Waals surface area contributed by atoms with Gasteiger partial charge >= 0.3 is 0 Å². The van der Waals surface area contributed by atoms with Gasteiger partial charge in [0.25, 0.3) is 0 Å². The molecule has 16 heavy (non-hydrogen) atoms. The molecule has 0 aliphatic heterocycles. The Morgan fingerprint density at radius 1 is 0.500 bits per heavy atom. The largest absolute Gasteiger partial charge is 0.103 e. The van der Waals surface area contributed by atoms with Crippen LogP contribution in [0, 0.1) is 11.8 Å². The zero-order chi connectivity index (χ0) is 11.9. The van der Waals surface area contributed by atoms with E-state index in [9.17, 15) is 0 Å². The summed E-state index contributed by atoms with van der Waals surface area (Å²) in [5.41, 5.74) is 0. The lowest BCUT2D eigenvalue weighted by Crippen LogP contribution is -1.79. The minimum Gasteiger partial charge on any atom is -0.103 e. The van der Waals surface area contributed by atoms with Gasteiger partial charge in [0.2, 0.25) is 0 Å². The summed E-state index contributed by atoms with van der Waals surface area (Å²) in [6, 6.07) is 0. The molecular weight excluding hydrogens is 328 g/mol. The van der Waals surface area contributed by atoms with Crippen LogP contribution in [0.4, 0.5) is 0 Å². The molecule has 0 heterocycles. The Morgan fingerprint density at radius 3 is 1.25 bits per heavy atom. The van der Waals surface area contributed by atoms with E-state index in [1.807, 2.05) is 0 Å². The zero-order valence-corrected chi connectivity index (χ0v) is 13.4. The van der Waals surface area contributed by atoms with E-state index in [1.54, 1.807) is 0 Å². The molecule has 0 N–H and O–H groups in total. The third-order valence-corrected chi connectivity index (χ3v) is 3.62. The third-order valence-electron chi connectivity index (χ3n) is 2.50. The van der Waals surface area contributed by atoms with Gasteiger partial charge in [-0.3, -0.25) is 0 Å². The summed E-state index contributed by atoms with van der Waals surface area (Å²) >= 11 is 6.90. The SMILES string of the molecule is BrCCCCCCC#CCCCCCCBr. The van der Waals surface area contributed by atoms with E-state index in [-0.39, 0.29) is 0 Å². The molecule has 0 aromatic carbocycles. The molecule has 94 valence electrons. The second-order valence-electron chi connectivity index (χ2n) is 4.06. The van der Waals surface area contributed by atoms with Crippen molar-refractivity contribution in [3.05, 3.63) is 0 Å². The Bertz CT molecular complexity index is 161. The lowest BCUT2D eigenvalue weighted by molar-refractivity contribution is 0.679. The Kier molecular flexibility index (Phi) is 16.0. The van der Waals surface area contributed by atoms with E-state index < -0.39 is 0 Å². The Labute approximate surface area is 118 Å². The third kappa shape index (κ3) is 14.5. The Morgan fingerprint density at radius 2 is 0.875 bits per heavy atom. The highest BCUT2D eigenvalue weighted by molar-refractivity contribution is 9.09. The molecule has 0 aliphatic rings. The van der Waals surface area contributed by atoms with Crippen molar-refractivity contribution in [2.75, 3.05) is 10.7 Å². The molecule has 0 bridgehead atoms. The summed E-state index contributed by atoms with van der Waals surface area (Å²) in [6.07, 6.45) is 12.7.